The van der Waals surface area contributed by atoms with Gasteiger partial charge < -0.3 is 23.1 Å². The van der Waals surface area contributed by atoms with Crippen LogP contribution < -0.4 is 19.8 Å². The fourth-order valence-corrected chi connectivity index (χ4v) is 13.4. The highest BCUT2D eigenvalue weighted by Crippen LogP contribution is 2.42. The Kier molecular flexibility index (Phi) is 14.8. The minimum Gasteiger partial charge on any atom is -0.488 e. The molecule has 0 fully saturated rings. The van der Waals surface area contributed by atoms with Gasteiger partial charge in [-0.1, -0.05) is 150 Å². The molecule has 0 bridgehead atoms. The van der Waals surface area contributed by atoms with Crippen LogP contribution >= 0.6 is 0 Å². The monoisotopic (exact) mass is 820 g/mol. The van der Waals surface area contributed by atoms with Crippen LogP contribution in [0.15, 0.2) is 138 Å². The lowest BCUT2D eigenvalue weighted by molar-refractivity contribution is 0.0508. The highest BCUT2D eigenvalue weighted by atomic mass is 32.2. The lowest BCUT2D eigenvalue weighted by atomic mass is 10.0. The van der Waals surface area contributed by atoms with Crippen molar-refractivity contribution in [3.63, 3.8) is 0 Å². The van der Waals surface area contributed by atoms with Gasteiger partial charge in [0.15, 0.2) is 15.1 Å². The number of rotatable bonds is 17. The van der Waals surface area contributed by atoms with Crippen molar-refractivity contribution < 1.29 is 27.3 Å². The fourth-order valence-electron chi connectivity index (χ4n) is 6.65. The summed E-state index contributed by atoms with van der Waals surface area (Å²) in [5.41, 5.74) is 3.58. The van der Waals surface area contributed by atoms with Crippen LogP contribution in [0.5, 0.6) is 11.5 Å². The van der Waals surface area contributed by atoms with Crippen LogP contribution in [0, 0.1) is 6.92 Å². The van der Waals surface area contributed by atoms with E-state index in [2.05, 4.69) is 103 Å². The topological polar surface area (TPSA) is 63.2 Å². The molecule has 0 aliphatic rings. The Hall–Kier alpha value is -4.10. The SMILES string of the molecule is COCOc1cc(CO[Si](c2ccccc2)(c2ccccc2)C(C)(C)C)c(/C(=C\CO[Si](C)(C)C(C)(C)C)S(=O)c2ccc(C)cc2)c(OCc2ccccc2)c1. The Morgan fingerprint density at radius 1 is 0.684 bits per heavy atom. The first kappa shape index (κ1) is 44.0. The van der Waals surface area contributed by atoms with Gasteiger partial charge in [-0.3, -0.25) is 0 Å². The molecule has 0 aliphatic heterocycles. The Morgan fingerprint density at radius 2 is 1.25 bits per heavy atom. The maximum absolute atomic E-state index is 15.1. The third-order valence-corrected chi connectivity index (χ3v) is 21.8. The second-order valence-electron chi connectivity index (χ2n) is 17.0. The first-order valence-corrected chi connectivity index (χ1v) is 25.6. The molecule has 1 atom stereocenters. The molecule has 5 aromatic carbocycles. The van der Waals surface area contributed by atoms with E-state index in [1.54, 1.807) is 7.11 Å². The van der Waals surface area contributed by atoms with Crippen LogP contribution in [0.4, 0.5) is 0 Å². The lowest BCUT2D eigenvalue weighted by Crippen LogP contribution is -2.66. The Balaban J connectivity index is 1.77. The van der Waals surface area contributed by atoms with Gasteiger partial charge >= 0.3 is 0 Å². The van der Waals surface area contributed by atoms with Crippen LogP contribution in [-0.4, -0.2) is 41.4 Å². The molecule has 0 radical (unpaired) electrons. The number of ether oxygens (including phenoxy) is 3. The first-order valence-electron chi connectivity index (χ1n) is 19.6. The molecule has 0 saturated heterocycles. The third kappa shape index (κ3) is 10.7. The highest BCUT2D eigenvalue weighted by Gasteiger charge is 2.50. The standard InChI is InChI=1S/C48H60O6SSi2/c1-37-26-28-41(29-27-37)55(49)45(30-31-53-56(9,10)47(2,3)4)46-39(32-40(52-36-50-8)33-44(46)51-34-38-20-14-11-15-21-38)35-54-57(48(5,6)7,42-22-16-12-17-23-42)43-24-18-13-19-25-43/h11-30,32-33H,31,34-36H2,1-10H3/b45-30+. The summed E-state index contributed by atoms with van der Waals surface area (Å²) in [6.45, 7) is 20.8. The molecule has 57 heavy (non-hydrogen) atoms. The zero-order valence-electron chi connectivity index (χ0n) is 35.4. The number of hydrogen-bond acceptors (Lipinski definition) is 6. The van der Waals surface area contributed by atoms with E-state index in [4.69, 9.17) is 23.1 Å². The van der Waals surface area contributed by atoms with E-state index in [-0.39, 0.29) is 23.5 Å². The van der Waals surface area contributed by atoms with E-state index in [9.17, 15) is 0 Å². The fraction of sp³-hybridized carbons (Fsp3) is 0.333. The molecule has 0 N–H and O–H groups in total. The predicted octanol–water partition coefficient (Wildman–Crippen LogP) is 10.8. The minimum atomic E-state index is -3.01. The molecule has 0 heterocycles. The zero-order chi connectivity index (χ0) is 41.3. The number of benzene rings is 5. The van der Waals surface area contributed by atoms with Crippen LogP contribution in [-0.2, 0) is 37.6 Å². The molecule has 6 nitrogen and oxygen atoms in total. The Bertz CT molecular complexity index is 2050. The minimum absolute atomic E-state index is 0.00378. The second kappa shape index (κ2) is 19.1. The molecule has 0 aromatic heterocycles. The quantitative estimate of drug-likeness (QED) is 0.0688. The van der Waals surface area contributed by atoms with Gasteiger partial charge in [0, 0.05) is 23.6 Å². The molecule has 0 amide bonds. The van der Waals surface area contributed by atoms with Gasteiger partial charge in [0.25, 0.3) is 8.32 Å². The van der Waals surface area contributed by atoms with E-state index < -0.39 is 27.4 Å². The second-order valence-corrected chi connectivity index (χ2v) is 27.5. The van der Waals surface area contributed by atoms with Gasteiger partial charge in [0.05, 0.1) is 28.9 Å². The summed E-state index contributed by atoms with van der Waals surface area (Å²) in [4.78, 5) is 1.28. The van der Waals surface area contributed by atoms with Crippen molar-refractivity contribution in [2.24, 2.45) is 0 Å². The molecule has 9 heteroatoms. The zero-order valence-corrected chi connectivity index (χ0v) is 38.2. The van der Waals surface area contributed by atoms with Gasteiger partial charge in [-0.15, -0.1) is 0 Å². The summed E-state index contributed by atoms with van der Waals surface area (Å²) in [7, 11) is -5.20. The van der Waals surface area contributed by atoms with Crippen LogP contribution in [0.25, 0.3) is 4.91 Å². The maximum atomic E-state index is 15.1. The molecular weight excluding hydrogens is 761 g/mol. The molecule has 5 rings (SSSR count). The summed E-state index contributed by atoms with van der Waals surface area (Å²) in [5, 5.41) is 2.06. The van der Waals surface area contributed by atoms with Gasteiger partial charge in [-0.25, -0.2) is 4.21 Å². The molecule has 302 valence electrons. The average molecular weight is 821 g/mol. The van der Waals surface area contributed by atoms with Gasteiger partial charge in [0.2, 0.25) is 0 Å². The first-order chi connectivity index (χ1) is 27.1. The molecule has 0 spiro atoms. The normalized spacial score (nSPS) is 13.3. The summed E-state index contributed by atoms with van der Waals surface area (Å²) >= 11 is 0. The van der Waals surface area contributed by atoms with Crippen molar-refractivity contribution in [3.05, 3.63) is 156 Å². The van der Waals surface area contributed by atoms with Crippen LogP contribution in [0.1, 0.15) is 63.8 Å². The van der Waals surface area contributed by atoms with Crippen LogP contribution in [0.2, 0.25) is 23.2 Å². The van der Waals surface area contributed by atoms with Crippen molar-refractivity contribution in [1.29, 1.82) is 0 Å². The molecule has 1 unspecified atom stereocenters. The number of methoxy groups -OCH3 is 1. The number of aryl methyl sites for hydroxylation is 1. The number of hydrogen-bond donors (Lipinski definition) is 0. The van der Waals surface area contributed by atoms with Crippen molar-refractivity contribution >= 4 is 42.7 Å². The Morgan fingerprint density at radius 3 is 1.77 bits per heavy atom. The average Bonchev–Trinajstić information content (AvgIpc) is 3.18. The van der Waals surface area contributed by atoms with Gasteiger partial charge in [0.1, 0.15) is 18.1 Å². The highest BCUT2D eigenvalue weighted by molar-refractivity contribution is 7.94. The Labute approximate surface area is 345 Å². The van der Waals surface area contributed by atoms with E-state index in [1.165, 1.54) is 10.4 Å². The predicted molar refractivity (Wildman–Crippen MR) is 241 cm³/mol. The maximum Gasteiger partial charge on any atom is 0.261 e. The van der Waals surface area contributed by atoms with Crippen molar-refractivity contribution in [2.45, 2.75) is 89.7 Å². The lowest BCUT2D eigenvalue weighted by Gasteiger charge is -2.43. The summed E-state index contributed by atoms with van der Waals surface area (Å²) < 4.78 is 47.7. The largest absolute Gasteiger partial charge is 0.488 e. The van der Waals surface area contributed by atoms with Crippen LogP contribution in [0.3, 0.4) is 0 Å². The molecule has 0 saturated carbocycles. The van der Waals surface area contributed by atoms with E-state index in [1.807, 2.05) is 91.9 Å². The summed E-state index contributed by atoms with van der Waals surface area (Å²) in [5.74, 6) is 1.09. The molecular formula is C48H60O6SSi2. The molecule has 5 aromatic rings. The summed E-state index contributed by atoms with van der Waals surface area (Å²) in [6, 6.07) is 43.0. The van der Waals surface area contributed by atoms with Crippen molar-refractivity contribution in [1.82, 2.24) is 0 Å². The van der Waals surface area contributed by atoms with Crippen molar-refractivity contribution in [3.8, 4) is 11.5 Å². The van der Waals surface area contributed by atoms with Gasteiger partial charge in [-0.05, 0) is 75.9 Å². The van der Waals surface area contributed by atoms with E-state index in [0.717, 1.165) is 16.7 Å². The van der Waals surface area contributed by atoms with Gasteiger partial charge in [-0.2, -0.15) is 0 Å². The van der Waals surface area contributed by atoms with E-state index >= 15 is 4.21 Å². The molecule has 0 aliphatic carbocycles. The summed E-state index contributed by atoms with van der Waals surface area (Å²) in [6.07, 6.45) is 1.99. The van der Waals surface area contributed by atoms with Crippen molar-refractivity contribution in [2.75, 3.05) is 20.5 Å². The third-order valence-electron chi connectivity index (χ3n) is 10.8. The smallest absolute Gasteiger partial charge is 0.261 e. The van der Waals surface area contributed by atoms with E-state index in [0.29, 0.717) is 40.1 Å².